The number of halogens is 3. The molecule has 1 unspecified atom stereocenters. The van der Waals surface area contributed by atoms with Gasteiger partial charge in [0.1, 0.15) is 0 Å². The zero-order chi connectivity index (χ0) is 17.5. The summed E-state index contributed by atoms with van der Waals surface area (Å²) in [4.78, 5) is 22.1. The normalized spacial score (nSPS) is 12.7. The van der Waals surface area contributed by atoms with Gasteiger partial charge in [0.2, 0.25) is 5.91 Å². The Morgan fingerprint density at radius 1 is 1.35 bits per heavy atom. The van der Waals surface area contributed by atoms with E-state index in [2.05, 4.69) is 5.32 Å². The first-order valence-electron chi connectivity index (χ1n) is 6.93. The fourth-order valence-corrected chi connectivity index (χ4v) is 2.48. The highest BCUT2D eigenvalue weighted by molar-refractivity contribution is 7.99. The number of carbonyl (C=O) groups excluding carboxylic acids is 1. The fourth-order valence-electron chi connectivity index (χ4n) is 1.91. The lowest BCUT2D eigenvalue weighted by Crippen LogP contribution is -2.27. The standard InChI is InChI=1S/C15H18F3NO3S/c1-10(7-13(20)19-5-6-23-9-14(21)22)11-3-2-4-12(8-11)15(16,17)18/h2-4,8,10H,5-7,9H2,1H3,(H,19,20)(H,21,22). The van der Waals surface area contributed by atoms with Gasteiger partial charge in [-0.2, -0.15) is 13.2 Å². The third-order valence-electron chi connectivity index (χ3n) is 3.07. The number of rotatable bonds is 8. The molecular weight excluding hydrogens is 331 g/mol. The molecule has 8 heteroatoms. The van der Waals surface area contributed by atoms with Gasteiger partial charge in [-0.15, -0.1) is 11.8 Å². The van der Waals surface area contributed by atoms with Crippen molar-refractivity contribution in [3.63, 3.8) is 0 Å². The zero-order valence-electron chi connectivity index (χ0n) is 12.5. The molecule has 0 aliphatic heterocycles. The Kier molecular flexibility index (Phi) is 7.41. The van der Waals surface area contributed by atoms with E-state index < -0.39 is 17.7 Å². The van der Waals surface area contributed by atoms with Crippen LogP contribution in [0.25, 0.3) is 0 Å². The van der Waals surface area contributed by atoms with Gasteiger partial charge in [0, 0.05) is 18.7 Å². The second kappa shape index (κ2) is 8.81. The van der Waals surface area contributed by atoms with Crippen molar-refractivity contribution in [2.45, 2.75) is 25.4 Å². The average molecular weight is 349 g/mol. The molecule has 1 atom stereocenters. The number of aliphatic carboxylic acids is 1. The molecule has 0 heterocycles. The Labute approximate surface area is 136 Å². The fraction of sp³-hybridized carbons (Fsp3) is 0.467. The monoisotopic (exact) mass is 349 g/mol. The minimum absolute atomic E-state index is 0.0312. The number of alkyl halides is 3. The number of nitrogens with one attached hydrogen (secondary N) is 1. The second-order valence-electron chi connectivity index (χ2n) is 5.02. The number of carboxylic acids is 1. The molecule has 0 saturated heterocycles. The van der Waals surface area contributed by atoms with Crippen LogP contribution in [0.2, 0.25) is 0 Å². The first-order chi connectivity index (χ1) is 10.7. The van der Waals surface area contributed by atoms with E-state index in [9.17, 15) is 22.8 Å². The Bertz CT molecular complexity index is 549. The Hall–Kier alpha value is -1.70. The van der Waals surface area contributed by atoms with Crippen LogP contribution < -0.4 is 5.32 Å². The van der Waals surface area contributed by atoms with E-state index in [1.807, 2.05) is 0 Å². The van der Waals surface area contributed by atoms with Crippen molar-refractivity contribution in [3.05, 3.63) is 35.4 Å². The van der Waals surface area contributed by atoms with Gasteiger partial charge in [-0.25, -0.2) is 0 Å². The first kappa shape index (κ1) is 19.3. The summed E-state index contributed by atoms with van der Waals surface area (Å²) < 4.78 is 38.0. The summed E-state index contributed by atoms with van der Waals surface area (Å²) in [5, 5.41) is 11.1. The maximum atomic E-state index is 12.7. The van der Waals surface area contributed by atoms with E-state index in [0.29, 0.717) is 17.9 Å². The van der Waals surface area contributed by atoms with Crippen molar-refractivity contribution in [1.29, 1.82) is 0 Å². The highest BCUT2D eigenvalue weighted by Crippen LogP contribution is 2.31. The summed E-state index contributed by atoms with van der Waals surface area (Å²) in [7, 11) is 0. The molecule has 128 valence electrons. The molecule has 0 bridgehead atoms. The van der Waals surface area contributed by atoms with Crippen molar-refractivity contribution in [3.8, 4) is 0 Å². The van der Waals surface area contributed by atoms with Crippen LogP contribution in [0.5, 0.6) is 0 Å². The molecule has 1 rings (SSSR count). The lowest BCUT2D eigenvalue weighted by atomic mass is 9.95. The number of benzene rings is 1. The molecule has 0 spiro atoms. The van der Waals surface area contributed by atoms with E-state index >= 15 is 0 Å². The van der Waals surface area contributed by atoms with E-state index in [-0.39, 0.29) is 24.0 Å². The van der Waals surface area contributed by atoms with E-state index in [4.69, 9.17) is 5.11 Å². The SMILES string of the molecule is CC(CC(=O)NCCSCC(=O)O)c1cccc(C(F)(F)F)c1. The maximum absolute atomic E-state index is 12.7. The molecule has 0 radical (unpaired) electrons. The number of carboxylic acid groups (broad SMARTS) is 1. The molecule has 0 aliphatic carbocycles. The third-order valence-corrected chi connectivity index (χ3v) is 4.01. The van der Waals surface area contributed by atoms with Gasteiger partial charge in [-0.05, 0) is 17.5 Å². The van der Waals surface area contributed by atoms with Gasteiger partial charge >= 0.3 is 12.1 Å². The molecule has 1 aromatic carbocycles. The minimum atomic E-state index is -4.40. The molecule has 0 aliphatic rings. The second-order valence-corrected chi connectivity index (χ2v) is 6.13. The van der Waals surface area contributed by atoms with Gasteiger partial charge in [0.25, 0.3) is 0 Å². The molecular formula is C15H18F3NO3S. The number of carbonyl (C=O) groups is 2. The molecule has 1 aromatic rings. The molecule has 0 fully saturated rings. The van der Waals surface area contributed by atoms with Crippen LogP contribution >= 0.6 is 11.8 Å². The van der Waals surface area contributed by atoms with Crippen LogP contribution in [-0.2, 0) is 15.8 Å². The van der Waals surface area contributed by atoms with Gasteiger partial charge in [-0.3, -0.25) is 9.59 Å². The van der Waals surface area contributed by atoms with Gasteiger partial charge in [0.15, 0.2) is 0 Å². The van der Waals surface area contributed by atoms with Gasteiger partial charge < -0.3 is 10.4 Å². The summed E-state index contributed by atoms with van der Waals surface area (Å²) in [5.41, 5.74) is -0.275. The minimum Gasteiger partial charge on any atom is -0.481 e. The van der Waals surface area contributed by atoms with E-state index in [1.54, 1.807) is 13.0 Å². The van der Waals surface area contributed by atoms with Crippen LogP contribution in [0.1, 0.15) is 30.4 Å². The van der Waals surface area contributed by atoms with Gasteiger partial charge in [-0.1, -0.05) is 25.1 Å². The third kappa shape index (κ3) is 7.40. The Morgan fingerprint density at radius 3 is 2.65 bits per heavy atom. The van der Waals surface area contributed by atoms with E-state index in [1.165, 1.54) is 17.8 Å². The molecule has 2 N–H and O–H groups in total. The Balaban J connectivity index is 2.45. The molecule has 1 amide bonds. The number of hydrogen-bond acceptors (Lipinski definition) is 3. The average Bonchev–Trinajstić information content (AvgIpc) is 2.45. The lowest BCUT2D eigenvalue weighted by Gasteiger charge is -2.14. The molecule has 0 saturated carbocycles. The zero-order valence-corrected chi connectivity index (χ0v) is 13.3. The summed E-state index contributed by atoms with van der Waals surface area (Å²) in [5.74, 6) is -1.10. The predicted molar refractivity (Wildman–Crippen MR) is 82.4 cm³/mol. The van der Waals surface area contributed by atoms with Crippen molar-refractivity contribution >= 4 is 23.6 Å². The number of hydrogen-bond donors (Lipinski definition) is 2. The lowest BCUT2D eigenvalue weighted by molar-refractivity contribution is -0.137. The van der Waals surface area contributed by atoms with Crippen LogP contribution in [-0.4, -0.2) is 35.0 Å². The summed E-state index contributed by atoms with van der Waals surface area (Å²) in [6, 6.07) is 4.95. The summed E-state index contributed by atoms with van der Waals surface area (Å²) in [6.45, 7) is 2.01. The molecule has 23 heavy (non-hydrogen) atoms. The smallest absolute Gasteiger partial charge is 0.416 e. The molecule has 0 aromatic heterocycles. The topological polar surface area (TPSA) is 66.4 Å². The highest BCUT2D eigenvalue weighted by atomic mass is 32.2. The number of thioether (sulfide) groups is 1. The van der Waals surface area contributed by atoms with Crippen LogP contribution in [0, 0.1) is 0 Å². The maximum Gasteiger partial charge on any atom is 0.416 e. The first-order valence-corrected chi connectivity index (χ1v) is 8.09. The quantitative estimate of drug-likeness (QED) is 0.708. The van der Waals surface area contributed by atoms with Gasteiger partial charge in [0.05, 0.1) is 11.3 Å². The van der Waals surface area contributed by atoms with Crippen LogP contribution in [0.3, 0.4) is 0 Å². The van der Waals surface area contributed by atoms with Crippen molar-refractivity contribution in [2.24, 2.45) is 0 Å². The predicted octanol–water partition coefficient (Wildman–Crippen LogP) is 3.13. The Morgan fingerprint density at radius 2 is 2.04 bits per heavy atom. The van der Waals surface area contributed by atoms with Crippen molar-refractivity contribution < 1.29 is 27.9 Å². The highest BCUT2D eigenvalue weighted by Gasteiger charge is 2.30. The van der Waals surface area contributed by atoms with Crippen molar-refractivity contribution in [1.82, 2.24) is 5.32 Å². The van der Waals surface area contributed by atoms with Crippen LogP contribution in [0.15, 0.2) is 24.3 Å². The molecule has 4 nitrogen and oxygen atoms in total. The largest absolute Gasteiger partial charge is 0.481 e. The summed E-state index contributed by atoms with van der Waals surface area (Å²) in [6.07, 6.45) is -4.33. The van der Waals surface area contributed by atoms with E-state index in [0.717, 1.165) is 12.1 Å². The van der Waals surface area contributed by atoms with Crippen molar-refractivity contribution in [2.75, 3.05) is 18.1 Å². The number of amides is 1. The summed E-state index contributed by atoms with van der Waals surface area (Å²) >= 11 is 1.18. The van der Waals surface area contributed by atoms with Crippen LogP contribution in [0.4, 0.5) is 13.2 Å².